The van der Waals surface area contributed by atoms with E-state index in [2.05, 4.69) is 89.3 Å². The zero-order valence-electron chi connectivity index (χ0n) is 25.8. The zero-order chi connectivity index (χ0) is 30.2. The second-order valence-electron chi connectivity index (χ2n) is 11.7. The number of benzene rings is 3. The molecule has 2 aliphatic heterocycles. The van der Waals surface area contributed by atoms with E-state index in [1.807, 2.05) is 0 Å². The number of fused-ring (bicyclic) bond motifs is 3. The Morgan fingerprint density at radius 1 is 0.907 bits per heavy atom. The topological polar surface area (TPSA) is 78.0 Å². The monoisotopic (exact) mass is 583 g/mol. The van der Waals surface area contributed by atoms with E-state index < -0.39 is 0 Å². The molecule has 7 heteroatoms. The first kappa shape index (κ1) is 30.5. The molecule has 7 nitrogen and oxygen atoms in total. The molecule has 1 unspecified atom stereocenters. The third kappa shape index (κ3) is 7.16. The number of hydrogen-bond donors (Lipinski definition) is 2. The van der Waals surface area contributed by atoms with Gasteiger partial charge in [0.05, 0.1) is 19.8 Å². The van der Waals surface area contributed by atoms with E-state index in [0.717, 1.165) is 30.9 Å². The SMILES string of the molecule is COc1cc(C2c3[nH]c4ccc(C)cc4c3CCN2c2ccc(C)cc2)ccc1OCCCCN1CCCCC1.O=CO. The van der Waals surface area contributed by atoms with Crippen molar-refractivity contribution in [3.8, 4) is 11.5 Å². The second-order valence-corrected chi connectivity index (χ2v) is 11.7. The Labute approximate surface area is 255 Å². The van der Waals surface area contributed by atoms with Crippen LogP contribution in [-0.2, 0) is 11.2 Å². The summed E-state index contributed by atoms with van der Waals surface area (Å²) in [4.78, 5) is 17.3. The summed E-state index contributed by atoms with van der Waals surface area (Å²) < 4.78 is 12.1. The number of H-pyrrole nitrogens is 1. The van der Waals surface area contributed by atoms with Crippen molar-refractivity contribution in [1.82, 2.24) is 9.88 Å². The van der Waals surface area contributed by atoms with Crippen LogP contribution in [0.25, 0.3) is 10.9 Å². The fourth-order valence-electron chi connectivity index (χ4n) is 6.54. The molecule has 0 bridgehead atoms. The van der Waals surface area contributed by atoms with E-state index in [0.29, 0.717) is 6.61 Å². The lowest BCUT2D eigenvalue weighted by Crippen LogP contribution is -2.36. The predicted octanol–water partition coefficient (Wildman–Crippen LogP) is 7.29. The number of carbonyl (C=O) groups is 1. The summed E-state index contributed by atoms with van der Waals surface area (Å²) in [6.45, 7) is 9.45. The van der Waals surface area contributed by atoms with Gasteiger partial charge in [0.1, 0.15) is 0 Å². The van der Waals surface area contributed by atoms with E-state index in [4.69, 9.17) is 19.4 Å². The van der Waals surface area contributed by atoms with Crippen molar-refractivity contribution in [2.75, 3.05) is 44.8 Å². The highest BCUT2D eigenvalue weighted by atomic mass is 16.5. The molecule has 43 heavy (non-hydrogen) atoms. The molecule has 228 valence electrons. The lowest BCUT2D eigenvalue weighted by molar-refractivity contribution is -0.122. The van der Waals surface area contributed by atoms with Gasteiger partial charge in [0.2, 0.25) is 0 Å². The number of anilines is 1. The minimum absolute atomic E-state index is 0.0617. The summed E-state index contributed by atoms with van der Waals surface area (Å²) in [5.74, 6) is 1.63. The summed E-state index contributed by atoms with van der Waals surface area (Å²) in [6, 6.07) is 22.2. The fraction of sp³-hybridized carbons (Fsp3) is 0.417. The van der Waals surface area contributed by atoms with E-state index in [1.54, 1.807) is 7.11 Å². The number of ether oxygens (including phenoxy) is 2. The number of nitrogens with one attached hydrogen (secondary N) is 1. The maximum absolute atomic E-state index is 8.36. The van der Waals surface area contributed by atoms with Crippen molar-refractivity contribution in [3.05, 3.63) is 88.6 Å². The van der Waals surface area contributed by atoms with Gasteiger partial charge in [-0.25, -0.2) is 0 Å². The first-order valence-corrected chi connectivity index (χ1v) is 15.6. The van der Waals surface area contributed by atoms with Gasteiger partial charge in [-0.1, -0.05) is 41.8 Å². The minimum Gasteiger partial charge on any atom is -0.493 e. The number of aromatic nitrogens is 1. The third-order valence-corrected chi connectivity index (χ3v) is 8.73. The second kappa shape index (κ2) is 14.5. The standard InChI is InChI=1S/C35H43N3O2.CH2O2/c1-25-9-13-28(14-10-25)38-21-17-29-30-23-26(2)11-15-31(30)36-34(29)35(38)27-12-16-32(33(24-27)39-3)40-22-8-7-20-37-18-5-4-6-19-37;2-1-3/h9-16,23-24,35-36H,4-8,17-22H2,1-3H3;1H,(H,2,3). The Morgan fingerprint density at radius 3 is 2.40 bits per heavy atom. The van der Waals surface area contributed by atoms with Crippen LogP contribution in [-0.4, -0.2) is 61.4 Å². The summed E-state index contributed by atoms with van der Waals surface area (Å²) >= 11 is 0. The lowest BCUT2D eigenvalue weighted by atomic mass is 9.91. The van der Waals surface area contributed by atoms with Crippen LogP contribution < -0.4 is 14.4 Å². The molecule has 3 heterocycles. The molecule has 6 rings (SSSR count). The highest BCUT2D eigenvalue weighted by molar-refractivity contribution is 5.86. The number of hydrogen-bond acceptors (Lipinski definition) is 5. The zero-order valence-corrected chi connectivity index (χ0v) is 25.8. The van der Waals surface area contributed by atoms with Crippen LogP contribution in [0.15, 0.2) is 60.7 Å². The largest absolute Gasteiger partial charge is 0.493 e. The highest BCUT2D eigenvalue weighted by Gasteiger charge is 2.32. The number of unbranched alkanes of at least 4 members (excludes halogenated alkanes) is 1. The first-order chi connectivity index (χ1) is 21.0. The van der Waals surface area contributed by atoms with Gasteiger partial charge < -0.3 is 29.4 Å². The molecule has 2 aliphatic rings. The van der Waals surface area contributed by atoms with Crippen molar-refractivity contribution >= 4 is 23.1 Å². The van der Waals surface area contributed by atoms with Crippen LogP contribution >= 0.6 is 0 Å². The predicted molar refractivity (Wildman–Crippen MR) is 174 cm³/mol. The summed E-state index contributed by atoms with van der Waals surface area (Å²) in [5.41, 5.74) is 8.94. The molecule has 0 saturated carbocycles. The Bertz CT molecular complexity index is 1490. The average molecular weight is 584 g/mol. The molecule has 0 spiro atoms. The van der Waals surface area contributed by atoms with E-state index >= 15 is 0 Å². The van der Waals surface area contributed by atoms with E-state index in [9.17, 15) is 0 Å². The van der Waals surface area contributed by atoms with E-state index in [1.165, 1.54) is 89.9 Å². The number of nitrogens with zero attached hydrogens (tertiary/aromatic N) is 2. The Kier molecular flexibility index (Phi) is 10.3. The number of likely N-dealkylation sites (tertiary alicyclic amines) is 1. The molecule has 0 radical (unpaired) electrons. The van der Waals surface area contributed by atoms with Crippen LogP contribution in [0.2, 0.25) is 0 Å². The molecule has 0 amide bonds. The smallest absolute Gasteiger partial charge is 0.290 e. The molecule has 0 aliphatic carbocycles. The fourth-order valence-corrected chi connectivity index (χ4v) is 6.54. The quantitative estimate of drug-likeness (QED) is 0.159. The van der Waals surface area contributed by atoms with Gasteiger partial charge in [-0.3, -0.25) is 4.79 Å². The minimum atomic E-state index is -0.250. The van der Waals surface area contributed by atoms with Crippen molar-refractivity contribution in [1.29, 1.82) is 0 Å². The summed E-state index contributed by atoms with van der Waals surface area (Å²) in [6.07, 6.45) is 7.34. The van der Waals surface area contributed by atoms with Gasteiger partial charge >= 0.3 is 0 Å². The normalized spacial score (nSPS) is 16.7. The van der Waals surface area contributed by atoms with Crippen LogP contribution in [0.3, 0.4) is 0 Å². The van der Waals surface area contributed by atoms with Gasteiger partial charge in [0.15, 0.2) is 11.5 Å². The summed E-state index contributed by atoms with van der Waals surface area (Å²) in [5, 5.41) is 8.24. The first-order valence-electron chi connectivity index (χ1n) is 15.6. The van der Waals surface area contributed by atoms with Crippen molar-refractivity contribution in [2.45, 2.75) is 58.4 Å². The molecule has 1 aromatic heterocycles. The number of methoxy groups -OCH3 is 1. The Hall–Kier alpha value is -3.97. The average Bonchev–Trinajstić information content (AvgIpc) is 3.39. The van der Waals surface area contributed by atoms with Gasteiger partial charge in [-0.05, 0) is 113 Å². The van der Waals surface area contributed by atoms with Crippen LogP contribution in [0.5, 0.6) is 11.5 Å². The van der Waals surface area contributed by atoms with Crippen molar-refractivity contribution in [3.63, 3.8) is 0 Å². The molecule has 3 aromatic carbocycles. The molecular formula is C36H45N3O4. The maximum Gasteiger partial charge on any atom is 0.290 e. The lowest BCUT2D eigenvalue weighted by Gasteiger charge is -2.38. The summed E-state index contributed by atoms with van der Waals surface area (Å²) in [7, 11) is 1.75. The highest BCUT2D eigenvalue weighted by Crippen LogP contribution is 2.43. The Balaban J connectivity index is 0.00000118. The number of piperidine rings is 1. The van der Waals surface area contributed by atoms with Crippen molar-refractivity contribution < 1.29 is 19.4 Å². The number of rotatable bonds is 9. The number of aryl methyl sites for hydroxylation is 2. The van der Waals surface area contributed by atoms with Crippen LogP contribution in [0.4, 0.5) is 5.69 Å². The third-order valence-electron chi connectivity index (χ3n) is 8.73. The maximum atomic E-state index is 8.36. The van der Waals surface area contributed by atoms with Gasteiger partial charge in [0, 0.05) is 28.8 Å². The van der Waals surface area contributed by atoms with Crippen molar-refractivity contribution in [2.24, 2.45) is 0 Å². The molecule has 1 saturated heterocycles. The van der Waals surface area contributed by atoms with Gasteiger partial charge in [-0.15, -0.1) is 0 Å². The number of aromatic amines is 1. The molecular weight excluding hydrogens is 538 g/mol. The molecule has 1 fully saturated rings. The number of carboxylic acid groups (broad SMARTS) is 1. The molecule has 1 atom stereocenters. The van der Waals surface area contributed by atoms with Crippen LogP contribution in [0, 0.1) is 13.8 Å². The van der Waals surface area contributed by atoms with Gasteiger partial charge in [0.25, 0.3) is 6.47 Å². The van der Waals surface area contributed by atoms with Gasteiger partial charge in [-0.2, -0.15) is 0 Å². The molecule has 4 aromatic rings. The van der Waals surface area contributed by atoms with Crippen LogP contribution in [0.1, 0.15) is 66.1 Å². The Morgan fingerprint density at radius 2 is 1.65 bits per heavy atom. The molecule has 2 N–H and O–H groups in total. The van der Waals surface area contributed by atoms with E-state index in [-0.39, 0.29) is 12.5 Å².